The van der Waals surface area contributed by atoms with Crippen molar-refractivity contribution in [3.63, 3.8) is 0 Å². The predicted octanol–water partition coefficient (Wildman–Crippen LogP) is 3.97. The Balaban J connectivity index is 0.796. The van der Waals surface area contributed by atoms with Gasteiger partial charge < -0.3 is 30.7 Å². The van der Waals surface area contributed by atoms with Gasteiger partial charge in [0, 0.05) is 87.8 Å². The number of hydrogen-bond donors (Lipinski definition) is 3. The minimum atomic E-state index is -0.597. The third kappa shape index (κ3) is 7.27. The van der Waals surface area contributed by atoms with Crippen molar-refractivity contribution in [3.8, 4) is 0 Å². The number of nitrogens with two attached hydrogens (primary N) is 1. The molecule has 15 nitrogen and oxygen atoms in total. The van der Waals surface area contributed by atoms with Gasteiger partial charge in [-0.05, 0) is 99.2 Å². The highest BCUT2D eigenvalue weighted by Crippen LogP contribution is 2.36. The maximum absolute atomic E-state index is 13.2. The normalized spacial score (nSPS) is 21.5. The fourth-order valence-electron chi connectivity index (χ4n) is 9.29. The molecule has 1 atom stereocenters. The summed E-state index contributed by atoms with van der Waals surface area (Å²) in [6.45, 7) is 7.37. The standard InChI is InChI=1S/C41H49N11O4/c42-36-8-13-43-38(45-36)40(55)44-33-21-28-25-52(47-32(28)22-35(33)50-14-2-1-3-15-50)29-11-16-48(17-12-29)23-26-9-18-49(19-10-26)30-4-5-31-27(20-30)24-51(41(31)56)34-6-7-37(53)46-39(34)54/h4-5,8,13,20-22,25-26,29,34H,1-3,6-7,9-12,14-19,23-24H2,(H,44,55)(H2,42,43,45)(H,46,53,54). The lowest BCUT2D eigenvalue weighted by Gasteiger charge is -2.38. The molecule has 2 aromatic carbocycles. The van der Waals surface area contributed by atoms with Crippen molar-refractivity contribution in [3.05, 3.63) is 65.7 Å². The lowest BCUT2D eigenvalue weighted by Crippen LogP contribution is -2.52. The van der Waals surface area contributed by atoms with Crippen LogP contribution in [0, 0.1) is 5.92 Å². The van der Waals surface area contributed by atoms with E-state index < -0.39 is 6.04 Å². The Morgan fingerprint density at radius 1 is 0.893 bits per heavy atom. The smallest absolute Gasteiger partial charge is 0.293 e. The van der Waals surface area contributed by atoms with E-state index >= 15 is 0 Å². The average Bonchev–Trinajstić information content (AvgIpc) is 3.78. The molecule has 0 spiro atoms. The van der Waals surface area contributed by atoms with Crippen molar-refractivity contribution >= 4 is 57.4 Å². The van der Waals surface area contributed by atoms with Crippen LogP contribution in [0.15, 0.2) is 48.8 Å². The molecule has 4 fully saturated rings. The highest BCUT2D eigenvalue weighted by Gasteiger charge is 2.39. The fourth-order valence-corrected chi connectivity index (χ4v) is 9.29. The molecule has 9 rings (SSSR count). The number of carbonyl (C=O) groups is 4. The molecule has 2 aromatic heterocycles. The van der Waals surface area contributed by atoms with Gasteiger partial charge in [0.15, 0.2) is 0 Å². The second-order valence-corrected chi connectivity index (χ2v) is 16.0. The Morgan fingerprint density at radius 3 is 2.46 bits per heavy atom. The SMILES string of the molecule is Nc1ccnc(C(=O)Nc2cc3cn(C4CCN(CC5CCN(c6ccc7c(c6)CN(C6CCC(=O)NC6=O)C7=O)CC5)CC4)nc3cc2N2CCCCC2)n1. The lowest BCUT2D eigenvalue weighted by atomic mass is 9.94. The Bertz CT molecular complexity index is 2170. The number of anilines is 4. The van der Waals surface area contributed by atoms with E-state index in [1.807, 2.05) is 18.2 Å². The Labute approximate surface area is 325 Å². The largest absolute Gasteiger partial charge is 0.384 e. The van der Waals surface area contributed by atoms with E-state index in [0.29, 0.717) is 30.5 Å². The van der Waals surface area contributed by atoms with E-state index in [1.54, 1.807) is 11.0 Å². The van der Waals surface area contributed by atoms with Crippen LogP contribution >= 0.6 is 0 Å². The van der Waals surface area contributed by atoms with Crippen LogP contribution in [0.3, 0.4) is 0 Å². The Morgan fingerprint density at radius 2 is 1.70 bits per heavy atom. The lowest BCUT2D eigenvalue weighted by molar-refractivity contribution is -0.136. The Kier molecular flexibility index (Phi) is 9.77. The third-order valence-electron chi connectivity index (χ3n) is 12.4. The molecule has 4 aromatic rings. The zero-order chi connectivity index (χ0) is 38.3. The van der Waals surface area contributed by atoms with Gasteiger partial charge in [-0.25, -0.2) is 9.97 Å². The van der Waals surface area contributed by atoms with E-state index in [-0.39, 0.29) is 41.7 Å². The van der Waals surface area contributed by atoms with Crippen LogP contribution in [0.25, 0.3) is 10.9 Å². The van der Waals surface area contributed by atoms with E-state index in [4.69, 9.17) is 10.8 Å². The number of benzene rings is 2. The summed E-state index contributed by atoms with van der Waals surface area (Å²) in [7, 11) is 0. The van der Waals surface area contributed by atoms with Crippen LogP contribution in [0.2, 0.25) is 0 Å². The van der Waals surface area contributed by atoms with E-state index in [0.717, 1.165) is 118 Å². The van der Waals surface area contributed by atoms with E-state index in [9.17, 15) is 19.2 Å². The van der Waals surface area contributed by atoms with Gasteiger partial charge in [-0.3, -0.25) is 29.2 Å². The summed E-state index contributed by atoms with van der Waals surface area (Å²) < 4.78 is 2.14. The van der Waals surface area contributed by atoms with Crippen molar-refractivity contribution in [2.24, 2.45) is 5.92 Å². The quantitative estimate of drug-likeness (QED) is 0.222. The number of hydrogen-bond acceptors (Lipinski definition) is 11. The van der Waals surface area contributed by atoms with Crippen molar-refractivity contribution in [2.75, 3.05) is 66.7 Å². The second kappa shape index (κ2) is 15.2. The van der Waals surface area contributed by atoms with Crippen LogP contribution in [0.5, 0.6) is 0 Å². The van der Waals surface area contributed by atoms with Crippen molar-refractivity contribution in [1.29, 1.82) is 0 Å². The molecule has 5 aliphatic heterocycles. The number of carbonyl (C=O) groups excluding carboxylic acids is 4. The van der Waals surface area contributed by atoms with Crippen LogP contribution < -0.4 is 26.2 Å². The summed E-state index contributed by atoms with van der Waals surface area (Å²) in [4.78, 5) is 67.7. The number of amides is 4. The highest BCUT2D eigenvalue weighted by atomic mass is 16.2. The predicted molar refractivity (Wildman–Crippen MR) is 212 cm³/mol. The number of aromatic nitrogens is 4. The number of imide groups is 1. The summed E-state index contributed by atoms with van der Waals surface area (Å²) in [6, 6.07) is 11.5. The fraction of sp³-hybridized carbons (Fsp3) is 0.488. The van der Waals surface area contributed by atoms with Gasteiger partial charge in [0.05, 0.1) is 22.9 Å². The first-order valence-corrected chi connectivity index (χ1v) is 20.2. The molecule has 7 heterocycles. The van der Waals surface area contributed by atoms with Gasteiger partial charge in [0.2, 0.25) is 17.6 Å². The summed E-state index contributed by atoms with van der Waals surface area (Å²) in [5.74, 6) is -0.243. The van der Waals surface area contributed by atoms with Crippen LogP contribution in [-0.4, -0.2) is 105 Å². The van der Waals surface area contributed by atoms with Gasteiger partial charge in [-0.2, -0.15) is 5.10 Å². The molecule has 1 unspecified atom stereocenters. The van der Waals surface area contributed by atoms with Crippen molar-refractivity contribution in [2.45, 2.75) is 76.4 Å². The maximum atomic E-state index is 13.2. The van der Waals surface area contributed by atoms with Gasteiger partial charge in [0.1, 0.15) is 11.9 Å². The van der Waals surface area contributed by atoms with Crippen LogP contribution in [0.1, 0.15) is 90.4 Å². The Hall–Kier alpha value is -5.57. The van der Waals surface area contributed by atoms with Gasteiger partial charge >= 0.3 is 0 Å². The first kappa shape index (κ1) is 36.1. The summed E-state index contributed by atoms with van der Waals surface area (Å²) in [5, 5.41) is 11.5. The summed E-state index contributed by atoms with van der Waals surface area (Å²) >= 11 is 0. The molecule has 4 saturated heterocycles. The third-order valence-corrected chi connectivity index (χ3v) is 12.4. The molecule has 56 heavy (non-hydrogen) atoms. The molecule has 0 radical (unpaired) electrons. The molecular weight excluding hydrogens is 711 g/mol. The van der Waals surface area contributed by atoms with E-state index in [2.05, 4.69) is 58.3 Å². The molecule has 0 saturated carbocycles. The topological polar surface area (TPSA) is 175 Å². The van der Waals surface area contributed by atoms with Crippen molar-refractivity contribution < 1.29 is 19.2 Å². The molecular formula is C41H49N11O4. The number of nitrogens with zero attached hydrogens (tertiary/aromatic N) is 8. The number of nitrogens with one attached hydrogen (secondary N) is 2. The molecule has 15 heteroatoms. The number of fused-ring (bicyclic) bond motifs is 2. The zero-order valence-corrected chi connectivity index (χ0v) is 31.7. The minimum Gasteiger partial charge on any atom is -0.384 e. The van der Waals surface area contributed by atoms with Gasteiger partial charge in [0.25, 0.3) is 11.8 Å². The maximum Gasteiger partial charge on any atom is 0.293 e. The number of rotatable bonds is 8. The zero-order valence-electron chi connectivity index (χ0n) is 31.7. The molecule has 0 aliphatic carbocycles. The number of likely N-dealkylation sites (tertiary alicyclic amines) is 1. The van der Waals surface area contributed by atoms with Crippen molar-refractivity contribution in [1.82, 2.24) is 34.9 Å². The van der Waals surface area contributed by atoms with Crippen LogP contribution in [-0.2, 0) is 16.1 Å². The number of nitrogen functional groups attached to an aromatic ring is 1. The monoisotopic (exact) mass is 759 g/mol. The molecule has 4 N–H and O–H groups in total. The van der Waals surface area contributed by atoms with Gasteiger partial charge in [-0.15, -0.1) is 0 Å². The van der Waals surface area contributed by atoms with Gasteiger partial charge in [-0.1, -0.05) is 0 Å². The molecule has 4 amide bonds. The minimum absolute atomic E-state index is 0.0436. The second-order valence-electron chi connectivity index (χ2n) is 16.0. The first-order chi connectivity index (χ1) is 27.3. The molecule has 292 valence electrons. The number of piperidine rings is 4. The first-order valence-electron chi connectivity index (χ1n) is 20.2. The molecule has 5 aliphatic rings. The average molecular weight is 760 g/mol. The summed E-state index contributed by atoms with van der Waals surface area (Å²) in [6.07, 6.45) is 12.0. The summed E-state index contributed by atoms with van der Waals surface area (Å²) in [5.41, 5.74) is 11.2. The van der Waals surface area contributed by atoms with Crippen LogP contribution in [0.4, 0.5) is 22.9 Å². The van der Waals surface area contributed by atoms with E-state index in [1.165, 1.54) is 12.6 Å². The molecule has 0 bridgehead atoms. The highest BCUT2D eigenvalue weighted by molar-refractivity contribution is 6.06.